The van der Waals surface area contributed by atoms with Crippen molar-refractivity contribution < 1.29 is 32.5 Å². The average molecular weight is 416 g/mol. The van der Waals surface area contributed by atoms with Gasteiger partial charge in [-0.15, -0.1) is 0 Å². The SMILES string of the molecule is CC(C)NC(=O)C[C@@H]1C[C@H]2O[C@H](CNCc3ccccc3C(F)(F)F)[C@@H](O)[C@H]2O1. The molecule has 0 aliphatic carbocycles. The monoisotopic (exact) mass is 416 g/mol. The Morgan fingerprint density at radius 1 is 1.28 bits per heavy atom. The number of nitrogens with one attached hydrogen (secondary N) is 2. The average Bonchev–Trinajstić information content (AvgIpc) is 3.12. The van der Waals surface area contributed by atoms with Crippen LogP contribution in [-0.2, 0) is 27.0 Å². The molecular weight excluding hydrogens is 389 g/mol. The summed E-state index contributed by atoms with van der Waals surface area (Å²) in [5, 5.41) is 16.2. The summed E-state index contributed by atoms with van der Waals surface area (Å²) in [7, 11) is 0. The first-order valence-electron chi connectivity index (χ1n) is 9.79. The van der Waals surface area contributed by atoms with E-state index in [1.165, 1.54) is 12.1 Å². The van der Waals surface area contributed by atoms with E-state index < -0.39 is 30.1 Å². The second-order valence-corrected chi connectivity index (χ2v) is 7.87. The smallest absolute Gasteiger partial charge is 0.388 e. The van der Waals surface area contributed by atoms with Gasteiger partial charge in [-0.1, -0.05) is 18.2 Å². The van der Waals surface area contributed by atoms with Crippen LogP contribution in [-0.4, -0.2) is 54.1 Å². The summed E-state index contributed by atoms with van der Waals surface area (Å²) in [6, 6.07) is 5.43. The third-order valence-electron chi connectivity index (χ3n) is 5.12. The molecule has 0 spiro atoms. The maximum atomic E-state index is 13.1. The minimum absolute atomic E-state index is 0.0104. The van der Waals surface area contributed by atoms with Gasteiger partial charge in [-0.05, 0) is 25.5 Å². The zero-order chi connectivity index (χ0) is 21.2. The van der Waals surface area contributed by atoms with Crippen LogP contribution in [0.2, 0.25) is 0 Å². The highest BCUT2D eigenvalue weighted by molar-refractivity contribution is 5.76. The Kier molecular flexibility index (Phi) is 6.83. The molecule has 2 saturated heterocycles. The van der Waals surface area contributed by atoms with E-state index in [0.717, 1.165) is 6.07 Å². The summed E-state index contributed by atoms with van der Waals surface area (Å²) in [4.78, 5) is 11.9. The molecule has 1 amide bonds. The van der Waals surface area contributed by atoms with Gasteiger partial charge >= 0.3 is 6.18 Å². The topological polar surface area (TPSA) is 79.8 Å². The molecule has 3 N–H and O–H groups in total. The van der Waals surface area contributed by atoms with E-state index in [4.69, 9.17) is 9.47 Å². The van der Waals surface area contributed by atoms with E-state index >= 15 is 0 Å². The highest BCUT2D eigenvalue weighted by atomic mass is 19.4. The van der Waals surface area contributed by atoms with Crippen molar-refractivity contribution in [2.24, 2.45) is 0 Å². The first kappa shape index (κ1) is 22.0. The molecule has 9 heteroatoms. The van der Waals surface area contributed by atoms with Crippen molar-refractivity contribution in [3.63, 3.8) is 0 Å². The lowest BCUT2D eigenvalue weighted by Crippen LogP contribution is -2.39. The number of aliphatic hydroxyl groups is 1. The van der Waals surface area contributed by atoms with Crippen molar-refractivity contribution in [1.82, 2.24) is 10.6 Å². The first-order chi connectivity index (χ1) is 13.6. The third kappa shape index (κ3) is 5.48. The summed E-state index contributed by atoms with van der Waals surface area (Å²) in [5.74, 6) is -0.110. The standard InChI is InChI=1S/C20H27F3N2O4/c1-11(2)25-17(26)8-13-7-15-19(28-13)18(27)16(29-15)10-24-9-12-5-3-4-6-14(12)20(21,22)23/h3-6,11,13,15-16,18-19,24,27H,7-10H2,1-2H3,(H,25,26)/t13-,15+,16+,18+,19-/m0/s1. The van der Waals surface area contributed by atoms with Crippen molar-refractivity contribution in [2.45, 2.75) is 76.0 Å². The third-order valence-corrected chi connectivity index (χ3v) is 5.12. The molecule has 2 heterocycles. The number of alkyl halides is 3. The van der Waals surface area contributed by atoms with Crippen molar-refractivity contribution >= 4 is 5.91 Å². The fourth-order valence-electron chi connectivity index (χ4n) is 3.90. The molecule has 0 unspecified atom stereocenters. The van der Waals surface area contributed by atoms with Gasteiger partial charge in [-0.2, -0.15) is 13.2 Å². The largest absolute Gasteiger partial charge is 0.416 e. The number of carbonyl (C=O) groups is 1. The van der Waals surface area contributed by atoms with Crippen molar-refractivity contribution in [1.29, 1.82) is 0 Å². The van der Waals surface area contributed by atoms with Crippen molar-refractivity contribution in [3.8, 4) is 0 Å². The Hall–Kier alpha value is -1.68. The Morgan fingerprint density at radius 2 is 2.00 bits per heavy atom. The van der Waals surface area contributed by atoms with E-state index in [-0.39, 0.29) is 49.2 Å². The number of carbonyl (C=O) groups excluding carboxylic acids is 1. The summed E-state index contributed by atoms with van der Waals surface area (Å²) < 4.78 is 50.8. The van der Waals surface area contributed by atoms with Gasteiger partial charge in [0.25, 0.3) is 0 Å². The van der Waals surface area contributed by atoms with Crippen molar-refractivity contribution in [2.75, 3.05) is 6.54 Å². The maximum absolute atomic E-state index is 13.1. The molecule has 2 aliphatic rings. The fraction of sp³-hybridized carbons (Fsp3) is 0.650. The predicted octanol–water partition coefficient (Wildman–Crippen LogP) is 2.00. The van der Waals surface area contributed by atoms with E-state index in [2.05, 4.69) is 10.6 Å². The summed E-state index contributed by atoms with van der Waals surface area (Å²) in [6.07, 6.45) is -6.34. The molecule has 1 aromatic carbocycles. The van der Waals surface area contributed by atoms with Gasteiger partial charge in [0.1, 0.15) is 12.2 Å². The molecule has 0 bridgehead atoms. The number of benzene rings is 1. The van der Waals surface area contributed by atoms with Crippen LogP contribution in [0.5, 0.6) is 0 Å². The lowest BCUT2D eigenvalue weighted by molar-refractivity contribution is -0.138. The first-order valence-corrected chi connectivity index (χ1v) is 9.79. The second kappa shape index (κ2) is 8.99. The van der Waals surface area contributed by atoms with Gasteiger partial charge in [0, 0.05) is 25.6 Å². The van der Waals surface area contributed by atoms with Crippen molar-refractivity contribution in [3.05, 3.63) is 35.4 Å². The zero-order valence-corrected chi connectivity index (χ0v) is 16.4. The summed E-state index contributed by atoms with van der Waals surface area (Å²) in [6.45, 7) is 3.96. The van der Waals surface area contributed by atoms with Gasteiger partial charge in [0.15, 0.2) is 0 Å². The molecule has 0 saturated carbocycles. The zero-order valence-electron chi connectivity index (χ0n) is 16.4. The molecule has 2 aliphatic heterocycles. The molecule has 2 fully saturated rings. The van der Waals surface area contributed by atoms with Gasteiger partial charge in [0.05, 0.1) is 30.3 Å². The lowest BCUT2D eigenvalue weighted by atomic mass is 10.1. The minimum Gasteiger partial charge on any atom is -0.388 e. The number of hydrogen-bond donors (Lipinski definition) is 3. The number of fused-ring (bicyclic) bond motifs is 1. The number of aliphatic hydroxyl groups excluding tert-OH is 1. The van der Waals surface area contributed by atoms with Crippen LogP contribution in [0.25, 0.3) is 0 Å². The molecular formula is C20H27F3N2O4. The summed E-state index contributed by atoms with van der Waals surface area (Å²) >= 11 is 0. The predicted molar refractivity (Wildman–Crippen MR) is 99.0 cm³/mol. The normalized spacial score (nSPS) is 29.3. The lowest BCUT2D eigenvalue weighted by Gasteiger charge is -2.21. The molecule has 6 nitrogen and oxygen atoms in total. The Bertz CT molecular complexity index is 713. The molecule has 1 aromatic rings. The van der Waals surface area contributed by atoms with Crippen LogP contribution >= 0.6 is 0 Å². The molecule has 0 radical (unpaired) electrons. The van der Waals surface area contributed by atoms with Gasteiger partial charge in [-0.3, -0.25) is 4.79 Å². The van der Waals surface area contributed by atoms with Gasteiger partial charge < -0.3 is 25.2 Å². The van der Waals surface area contributed by atoms with Crippen LogP contribution in [0, 0.1) is 0 Å². The van der Waals surface area contributed by atoms with E-state index in [9.17, 15) is 23.1 Å². The Morgan fingerprint density at radius 3 is 2.66 bits per heavy atom. The molecule has 5 atom stereocenters. The molecule has 162 valence electrons. The highest BCUT2D eigenvalue weighted by Crippen LogP contribution is 2.35. The Labute approximate surface area is 167 Å². The van der Waals surface area contributed by atoms with E-state index in [1.54, 1.807) is 6.07 Å². The van der Waals surface area contributed by atoms with Gasteiger partial charge in [0.2, 0.25) is 5.91 Å². The quantitative estimate of drug-likeness (QED) is 0.634. The van der Waals surface area contributed by atoms with Crippen LogP contribution in [0.1, 0.15) is 37.8 Å². The fourth-order valence-corrected chi connectivity index (χ4v) is 3.90. The second-order valence-electron chi connectivity index (χ2n) is 7.87. The summed E-state index contributed by atoms with van der Waals surface area (Å²) in [5.41, 5.74) is -0.539. The number of ether oxygens (including phenoxy) is 2. The molecule has 29 heavy (non-hydrogen) atoms. The Balaban J connectivity index is 1.47. The van der Waals surface area contributed by atoms with Crippen LogP contribution in [0.3, 0.4) is 0 Å². The number of amides is 1. The molecule has 0 aromatic heterocycles. The van der Waals surface area contributed by atoms with Crippen LogP contribution < -0.4 is 10.6 Å². The van der Waals surface area contributed by atoms with E-state index in [1.807, 2.05) is 13.8 Å². The maximum Gasteiger partial charge on any atom is 0.416 e. The molecule has 3 rings (SSSR count). The highest BCUT2D eigenvalue weighted by Gasteiger charge is 2.50. The minimum atomic E-state index is -4.41. The van der Waals surface area contributed by atoms with Crippen LogP contribution in [0.4, 0.5) is 13.2 Å². The van der Waals surface area contributed by atoms with Crippen LogP contribution in [0.15, 0.2) is 24.3 Å². The number of halogens is 3. The van der Waals surface area contributed by atoms with Gasteiger partial charge in [-0.25, -0.2) is 0 Å². The van der Waals surface area contributed by atoms with E-state index in [0.29, 0.717) is 6.42 Å². The number of rotatable bonds is 7. The number of hydrogen-bond acceptors (Lipinski definition) is 5.